The van der Waals surface area contributed by atoms with Crippen LogP contribution in [0.25, 0.3) is 11.4 Å². The van der Waals surface area contributed by atoms with Crippen molar-refractivity contribution in [2.75, 3.05) is 4.90 Å². The maximum atomic E-state index is 12.7. The summed E-state index contributed by atoms with van der Waals surface area (Å²) in [6.07, 6.45) is 10.9. The second kappa shape index (κ2) is 6.71. The van der Waals surface area contributed by atoms with Gasteiger partial charge in [0, 0.05) is 24.4 Å². The predicted octanol–water partition coefficient (Wildman–Crippen LogP) is 4.84. The molecule has 2 aromatic rings. The quantitative estimate of drug-likeness (QED) is 0.713. The molecule has 3 aliphatic rings. The van der Waals surface area contributed by atoms with Gasteiger partial charge < -0.3 is 0 Å². The van der Waals surface area contributed by atoms with E-state index in [0.29, 0.717) is 5.92 Å². The number of hydrogen-bond acceptors (Lipinski definition) is 3. The van der Waals surface area contributed by atoms with Crippen molar-refractivity contribution in [2.45, 2.75) is 83.2 Å². The average Bonchev–Trinajstić information content (AvgIpc) is 3.15. The van der Waals surface area contributed by atoms with Crippen LogP contribution in [-0.4, -0.2) is 26.7 Å². The van der Waals surface area contributed by atoms with E-state index in [0.717, 1.165) is 23.8 Å². The lowest BCUT2D eigenvalue weighted by Crippen LogP contribution is -2.61. The van der Waals surface area contributed by atoms with Gasteiger partial charge in [0.15, 0.2) is 5.82 Å². The molecule has 5 rings (SSSR count). The highest BCUT2D eigenvalue weighted by atomic mass is 16.2. The molecule has 5 nitrogen and oxygen atoms in total. The molecule has 1 spiro atoms. The summed E-state index contributed by atoms with van der Waals surface area (Å²) in [7, 11) is 0. The first kappa shape index (κ1) is 17.9. The fourth-order valence-corrected chi connectivity index (χ4v) is 6.06. The SMILES string of the molecule is CC(=O)N1c2nc(-c3ccc(C)cc3)nn2C2(CCCCC2)C2CCCCC21. The molecule has 0 radical (unpaired) electrons. The molecular formula is C23H30N4O. The third-order valence-electron chi connectivity index (χ3n) is 7.35. The molecule has 1 aliphatic heterocycles. The molecule has 5 heteroatoms. The van der Waals surface area contributed by atoms with Gasteiger partial charge in [0.1, 0.15) is 0 Å². The molecule has 0 N–H and O–H groups in total. The van der Waals surface area contributed by atoms with E-state index in [-0.39, 0.29) is 17.5 Å². The van der Waals surface area contributed by atoms with Gasteiger partial charge in [-0.05, 0) is 32.6 Å². The summed E-state index contributed by atoms with van der Waals surface area (Å²) in [5, 5.41) is 5.06. The average molecular weight is 379 g/mol. The minimum absolute atomic E-state index is 0.0422. The van der Waals surface area contributed by atoms with Crippen molar-refractivity contribution < 1.29 is 4.79 Å². The van der Waals surface area contributed by atoms with Gasteiger partial charge >= 0.3 is 0 Å². The summed E-state index contributed by atoms with van der Waals surface area (Å²) in [6, 6.07) is 8.68. The van der Waals surface area contributed by atoms with Crippen LogP contribution in [0.4, 0.5) is 5.95 Å². The molecule has 2 aliphatic carbocycles. The highest BCUT2D eigenvalue weighted by molar-refractivity contribution is 5.91. The number of rotatable bonds is 1. The van der Waals surface area contributed by atoms with Gasteiger partial charge in [0.25, 0.3) is 0 Å². The Morgan fingerprint density at radius 2 is 1.75 bits per heavy atom. The van der Waals surface area contributed by atoms with Crippen molar-refractivity contribution in [2.24, 2.45) is 5.92 Å². The minimum Gasteiger partial charge on any atom is -0.278 e. The van der Waals surface area contributed by atoms with Crippen LogP contribution < -0.4 is 4.90 Å². The van der Waals surface area contributed by atoms with E-state index in [1.807, 2.05) is 4.90 Å². The third-order valence-corrected chi connectivity index (χ3v) is 7.35. The number of benzene rings is 1. The van der Waals surface area contributed by atoms with Gasteiger partial charge in [0.2, 0.25) is 11.9 Å². The maximum absolute atomic E-state index is 12.7. The molecule has 2 fully saturated rings. The summed E-state index contributed by atoms with van der Waals surface area (Å²) < 4.78 is 2.19. The van der Waals surface area contributed by atoms with Crippen molar-refractivity contribution in [3.8, 4) is 11.4 Å². The molecule has 2 atom stereocenters. The number of amides is 1. The van der Waals surface area contributed by atoms with Crippen molar-refractivity contribution in [3.63, 3.8) is 0 Å². The van der Waals surface area contributed by atoms with Gasteiger partial charge in [-0.1, -0.05) is 61.9 Å². The van der Waals surface area contributed by atoms with Gasteiger partial charge in [-0.3, -0.25) is 9.69 Å². The summed E-state index contributed by atoms with van der Waals surface area (Å²) >= 11 is 0. The Hall–Kier alpha value is -2.17. The molecule has 1 amide bonds. The Kier molecular flexibility index (Phi) is 4.29. The summed E-state index contributed by atoms with van der Waals surface area (Å²) in [4.78, 5) is 19.7. The first-order chi connectivity index (χ1) is 13.6. The van der Waals surface area contributed by atoms with Crippen molar-refractivity contribution in [1.82, 2.24) is 14.8 Å². The van der Waals surface area contributed by atoms with Crippen LogP contribution in [0, 0.1) is 12.8 Å². The molecular weight excluding hydrogens is 348 g/mol. The second-order valence-electron chi connectivity index (χ2n) is 9.02. The van der Waals surface area contributed by atoms with Crippen LogP contribution in [0.15, 0.2) is 24.3 Å². The van der Waals surface area contributed by atoms with E-state index in [4.69, 9.17) is 10.1 Å². The predicted molar refractivity (Wildman–Crippen MR) is 110 cm³/mol. The fraction of sp³-hybridized carbons (Fsp3) is 0.609. The Morgan fingerprint density at radius 1 is 1.04 bits per heavy atom. The summed E-state index contributed by atoms with van der Waals surface area (Å²) in [6.45, 7) is 3.78. The van der Waals surface area contributed by atoms with Crippen LogP contribution in [0.2, 0.25) is 0 Å². The molecule has 148 valence electrons. The number of carbonyl (C=O) groups excluding carboxylic acids is 1. The minimum atomic E-state index is 0.0422. The fourth-order valence-electron chi connectivity index (χ4n) is 6.06. The molecule has 2 heterocycles. The zero-order chi connectivity index (χ0) is 19.3. The van der Waals surface area contributed by atoms with Gasteiger partial charge in [-0.25, -0.2) is 4.68 Å². The Balaban J connectivity index is 1.69. The molecule has 2 unspecified atom stereocenters. The van der Waals surface area contributed by atoms with E-state index in [1.54, 1.807) is 6.92 Å². The highest BCUT2D eigenvalue weighted by Gasteiger charge is 2.54. The lowest BCUT2D eigenvalue weighted by atomic mass is 9.64. The Labute approximate surface area is 167 Å². The van der Waals surface area contributed by atoms with Crippen LogP contribution >= 0.6 is 0 Å². The standard InChI is InChI=1S/C23H30N4O/c1-16-10-12-18(13-11-16)21-24-22-26(17(2)28)20-9-5-4-8-19(20)23(27(22)25-21)14-6-3-7-15-23/h10-13,19-20H,3-9,14-15H2,1-2H3. The Bertz CT molecular complexity index is 879. The molecule has 0 bridgehead atoms. The Morgan fingerprint density at radius 3 is 2.46 bits per heavy atom. The van der Waals surface area contributed by atoms with Crippen LogP contribution in [0.1, 0.15) is 70.3 Å². The smallest absolute Gasteiger partial charge is 0.231 e. The van der Waals surface area contributed by atoms with Gasteiger partial charge in [-0.15, -0.1) is 5.10 Å². The molecule has 1 aromatic carbocycles. The van der Waals surface area contributed by atoms with Crippen molar-refractivity contribution >= 4 is 11.9 Å². The van der Waals surface area contributed by atoms with Crippen LogP contribution in [0.5, 0.6) is 0 Å². The summed E-state index contributed by atoms with van der Waals surface area (Å²) in [5.41, 5.74) is 2.30. The molecule has 28 heavy (non-hydrogen) atoms. The number of aromatic nitrogens is 3. The number of fused-ring (bicyclic) bond motifs is 4. The van der Waals surface area contributed by atoms with Crippen molar-refractivity contribution in [1.29, 1.82) is 0 Å². The third kappa shape index (κ3) is 2.62. The van der Waals surface area contributed by atoms with E-state index in [2.05, 4.69) is 35.9 Å². The number of anilines is 1. The van der Waals surface area contributed by atoms with Crippen molar-refractivity contribution in [3.05, 3.63) is 29.8 Å². The zero-order valence-corrected chi connectivity index (χ0v) is 17.0. The lowest BCUT2D eigenvalue weighted by molar-refractivity contribution is -0.118. The van der Waals surface area contributed by atoms with E-state index >= 15 is 0 Å². The van der Waals surface area contributed by atoms with E-state index in [1.165, 1.54) is 56.9 Å². The monoisotopic (exact) mass is 378 g/mol. The van der Waals surface area contributed by atoms with Crippen LogP contribution in [-0.2, 0) is 10.3 Å². The highest BCUT2D eigenvalue weighted by Crippen LogP contribution is 2.53. The number of carbonyl (C=O) groups is 1. The topological polar surface area (TPSA) is 51.0 Å². The van der Waals surface area contributed by atoms with E-state index in [9.17, 15) is 4.79 Å². The normalized spacial score (nSPS) is 26.0. The molecule has 1 aromatic heterocycles. The van der Waals surface area contributed by atoms with Crippen LogP contribution in [0.3, 0.4) is 0 Å². The molecule has 0 saturated heterocycles. The molecule has 2 saturated carbocycles. The van der Waals surface area contributed by atoms with Gasteiger partial charge in [-0.2, -0.15) is 4.98 Å². The van der Waals surface area contributed by atoms with Gasteiger partial charge in [0.05, 0.1) is 5.54 Å². The lowest BCUT2D eigenvalue weighted by Gasteiger charge is -2.55. The summed E-state index contributed by atoms with van der Waals surface area (Å²) in [5.74, 6) is 2.15. The van der Waals surface area contributed by atoms with E-state index < -0.39 is 0 Å². The second-order valence-corrected chi connectivity index (χ2v) is 9.02. The maximum Gasteiger partial charge on any atom is 0.231 e. The number of aryl methyl sites for hydroxylation is 1. The largest absolute Gasteiger partial charge is 0.278 e. The zero-order valence-electron chi connectivity index (χ0n) is 17.0. The number of hydrogen-bond donors (Lipinski definition) is 0. The first-order valence-electron chi connectivity index (χ1n) is 10.9. The number of nitrogens with zero attached hydrogens (tertiary/aromatic N) is 4. The first-order valence-corrected chi connectivity index (χ1v) is 10.9.